The molecule has 1 aliphatic rings. The Morgan fingerprint density at radius 1 is 0.971 bits per heavy atom. The molecule has 1 fully saturated rings. The number of benzene rings is 2. The van der Waals surface area contributed by atoms with Gasteiger partial charge in [0.05, 0.1) is 24.2 Å². The Bertz CT molecular complexity index is 1140. The first-order valence-corrected chi connectivity index (χ1v) is 12.2. The Balaban J connectivity index is 1.71. The third-order valence-electron chi connectivity index (χ3n) is 6.46. The van der Waals surface area contributed by atoms with Crippen LogP contribution in [0.4, 0.5) is 5.95 Å². The first kappa shape index (κ1) is 24.4. The van der Waals surface area contributed by atoms with E-state index in [1.807, 2.05) is 24.4 Å². The molecule has 0 spiro atoms. The number of aromatic nitrogens is 2. The highest BCUT2D eigenvalue weighted by Gasteiger charge is 2.26. The van der Waals surface area contributed by atoms with Crippen molar-refractivity contribution in [1.82, 2.24) is 14.5 Å². The second-order valence-electron chi connectivity index (χ2n) is 11.2. The van der Waals surface area contributed by atoms with E-state index >= 15 is 0 Å². The zero-order chi connectivity index (χ0) is 24.5. The van der Waals surface area contributed by atoms with E-state index in [-0.39, 0.29) is 10.8 Å². The molecule has 0 aliphatic carbocycles. The minimum absolute atomic E-state index is 0.181. The summed E-state index contributed by atoms with van der Waals surface area (Å²) in [6.45, 7) is 18.0. The molecule has 6 nitrogen and oxygen atoms in total. The quantitative estimate of drug-likeness (QED) is 0.514. The standard InChI is InChI=1S/C28H38N4O2/c1-27(2,3)21-17-20(18-22(25(21)33)28(4,5)6)19-29-26-30-23-9-7-8-10-24(23)32(26)12-11-31-13-15-34-16-14-31/h7-10,17-19,33H,11-16H2,1-6H3. The molecule has 2 heterocycles. The Kier molecular flexibility index (Phi) is 6.83. The summed E-state index contributed by atoms with van der Waals surface area (Å²) in [7, 11) is 0. The van der Waals surface area contributed by atoms with Crippen LogP contribution in [-0.2, 0) is 22.1 Å². The molecule has 0 bridgehead atoms. The monoisotopic (exact) mass is 462 g/mol. The van der Waals surface area contributed by atoms with Gasteiger partial charge in [-0.15, -0.1) is 0 Å². The predicted octanol–water partition coefficient (Wildman–Crippen LogP) is 5.42. The third-order valence-corrected chi connectivity index (χ3v) is 6.46. The number of para-hydroxylation sites is 2. The molecule has 6 heteroatoms. The number of imidazole rings is 1. The van der Waals surface area contributed by atoms with E-state index in [9.17, 15) is 5.11 Å². The van der Waals surface area contributed by atoms with Gasteiger partial charge in [0.1, 0.15) is 5.75 Å². The van der Waals surface area contributed by atoms with E-state index in [0.29, 0.717) is 11.7 Å². The van der Waals surface area contributed by atoms with Crippen LogP contribution >= 0.6 is 0 Å². The highest BCUT2D eigenvalue weighted by Crippen LogP contribution is 2.39. The van der Waals surface area contributed by atoms with Gasteiger partial charge in [-0.05, 0) is 40.7 Å². The molecule has 34 heavy (non-hydrogen) atoms. The van der Waals surface area contributed by atoms with Crippen LogP contribution in [0.3, 0.4) is 0 Å². The number of hydrogen-bond acceptors (Lipinski definition) is 5. The van der Waals surface area contributed by atoms with Gasteiger partial charge in [0.25, 0.3) is 0 Å². The summed E-state index contributed by atoms with van der Waals surface area (Å²) in [4.78, 5) is 12.1. The molecule has 1 aliphatic heterocycles. The molecule has 1 aromatic heterocycles. The van der Waals surface area contributed by atoms with Gasteiger partial charge in [-0.25, -0.2) is 9.98 Å². The fourth-order valence-electron chi connectivity index (χ4n) is 4.46. The van der Waals surface area contributed by atoms with Crippen molar-refractivity contribution in [3.8, 4) is 5.75 Å². The van der Waals surface area contributed by atoms with Crippen LogP contribution in [0.1, 0.15) is 58.2 Å². The third kappa shape index (κ3) is 5.34. The lowest BCUT2D eigenvalue weighted by Gasteiger charge is -2.27. The summed E-state index contributed by atoms with van der Waals surface area (Å²) in [6.07, 6.45) is 1.89. The van der Waals surface area contributed by atoms with Crippen LogP contribution in [0.25, 0.3) is 11.0 Å². The Morgan fingerprint density at radius 2 is 1.59 bits per heavy atom. The van der Waals surface area contributed by atoms with Gasteiger partial charge in [-0.3, -0.25) is 4.90 Å². The smallest absolute Gasteiger partial charge is 0.230 e. The Hall–Kier alpha value is -2.70. The fourth-order valence-corrected chi connectivity index (χ4v) is 4.46. The number of phenolic OH excluding ortho intramolecular Hbond substituents is 1. The van der Waals surface area contributed by atoms with Crippen molar-refractivity contribution >= 4 is 23.2 Å². The van der Waals surface area contributed by atoms with Crippen LogP contribution in [0, 0.1) is 0 Å². The normalized spacial score (nSPS) is 16.1. The van der Waals surface area contributed by atoms with E-state index in [1.165, 1.54) is 0 Å². The molecule has 4 rings (SSSR count). The van der Waals surface area contributed by atoms with Crippen molar-refractivity contribution < 1.29 is 9.84 Å². The number of fused-ring (bicyclic) bond motifs is 1. The molecule has 0 amide bonds. The number of ether oxygens (including phenoxy) is 1. The second-order valence-corrected chi connectivity index (χ2v) is 11.2. The molecule has 0 saturated carbocycles. The first-order chi connectivity index (χ1) is 16.0. The van der Waals surface area contributed by atoms with Crippen LogP contribution in [0.2, 0.25) is 0 Å². The summed E-state index contributed by atoms with van der Waals surface area (Å²) < 4.78 is 7.70. The topological polar surface area (TPSA) is 62.9 Å². The lowest BCUT2D eigenvalue weighted by atomic mass is 9.78. The van der Waals surface area contributed by atoms with Crippen molar-refractivity contribution in [2.45, 2.75) is 58.9 Å². The van der Waals surface area contributed by atoms with Crippen LogP contribution in [-0.4, -0.2) is 58.6 Å². The molecule has 0 radical (unpaired) electrons. The predicted molar refractivity (Wildman–Crippen MR) is 140 cm³/mol. The van der Waals surface area contributed by atoms with Gasteiger partial charge in [0.2, 0.25) is 5.95 Å². The van der Waals surface area contributed by atoms with Gasteiger partial charge >= 0.3 is 0 Å². The average molecular weight is 463 g/mol. The van der Waals surface area contributed by atoms with Crippen molar-refractivity contribution in [1.29, 1.82) is 0 Å². The Morgan fingerprint density at radius 3 is 2.21 bits per heavy atom. The van der Waals surface area contributed by atoms with Crippen LogP contribution in [0.5, 0.6) is 5.75 Å². The molecule has 0 atom stereocenters. The summed E-state index contributed by atoms with van der Waals surface area (Å²) in [6, 6.07) is 12.3. The van der Waals surface area contributed by atoms with Crippen LogP contribution < -0.4 is 0 Å². The van der Waals surface area contributed by atoms with E-state index < -0.39 is 0 Å². The number of rotatable bonds is 5. The average Bonchev–Trinajstić information content (AvgIpc) is 3.13. The Labute approximate surface area is 203 Å². The van der Waals surface area contributed by atoms with Gasteiger partial charge in [0, 0.05) is 43.5 Å². The molecule has 1 N–H and O–H groups in total. The van der Waals surface area contributed by atoms with Crippen LogP contribution in [0.15, 0.2) is 41.4 Å². The SMILES string of the molecule is CC(C)(C)c1cc(C=Nc2nc3ccccc3n2CCN2CCOCC2)cc(C(C)(C)C)c1O. The maximum atomic E-state index is 11.0. The molecular weight excluding hydrogens is 424 g/mol. The molecule has 0 unspecified atom stereocenters. The number of morpholine rings is 1. The highest BCUT2D eigenvalue weighted by molar-refractivity contribution is 5.85. The molecule has 1 saturated heterocycles. The maximum absolute atomic E-state index is 11.0. The fraction of sp³-hybridized carbons (Fsp3) is 0.500. The summed E-state index contributed by atoms with van der Waals surface area (Å²) in [5, 5.41) is 11.0. The second kappa shape index (κ2) is 9.51. The lowest BCUT2D eigenvalue weighted by Crippen LogP contribution is -2.38. The summed E-state index contributed by atoms with van der Waals surface area (Å²) >= 11 is 0. The van der Waals surface area contributed by atoms with Crippen molar-refractivity contribution in [3.05, 3.63) is 53.1 Å². The first-order valence-electron chi connectivity index (χ1n) is 12.2. The molecule has 3 aromatic rings. The zero-order valence-electron chi connectivity index (χ0n) is 21.4. The van der Waals surface area contributed by atoms with Crippen molar-refractivity contribution in [2.75, 3.05) is 32.8 Å². The van der Waals surface area contributed by atoms with Gasteiger partial charge < -0.3 is 14.4 Å². The lowest BCUT2D eigenvalue weighted by molar-refractivity contribution is 0.0366. The van der Waals surface area contributed by atoms with Crippen molar-refractivity contribution in [2.24, 2.45) is 4.99 Å². The van der Waals surface area contributed by atoms with Gasteiger partial charge in [0.15, 0.2) is 0 Å². The van der Waals surface area contributed by atoms with Gasteiger partial charge in [-0.2, -0.15) is 0 Å². The number of hydrogen-bond donors (Lipinski definition) is 1. The molecule has 2 aromatic carbocycles. The van der Waals surface area contributed by atoms with E-state index in [4.69, 9.17) is 14.7 Å². The number of nitrogens with zero attached hydrogens (tertiary/aromatic N) is 4. The summed E-state index contributed by atoms with van der Waals surface area (Å²) in [5.74, 6) is 1.09. The summed E-state index contributed by atoms with van der Waals surface area (Å²) in [5.41, 5.74) is 4.52. The number of aliphatic imine (C=N–C) groups is 1. The number of aromatic hydroxyl groups is 1. The molecule has 182 valence electrons. The maximum Gasteiger partial charge on any atom is 0.230 e. The van der Waals surface area contributed by atoms with E-state index in [0.717, 1.165) is 67.1 Å². The highest BCUT2D eigenvalue weighted by atomic mass is 16.5. The van der Waals surface area contributed by atoms with E-state index in [1.54, 1.807) is 0 Å². The minimum atomic E-state index is -0.181. The van der Waals surface area contributed by atoms with Gasteiger partial charge in [-0.1, -0.05) is 53.7 Å². The molecular formula is C28H38N4O2. The number of phenols is 1. The van der Waals surface area contributed by atoms with Crippen molar-refractivity contribution in [3.63, 3.8) is 0 Å². The zero-order valence-corrected chi connectivity index (χ0v) is 21.4. The minimum Gasteiger partial charge on any atom is -0.507 e. The van der Waals surface area contributed by atoms with E-state index in [2.05, 4.69) is 69.2 Å². The largest absolute Gasteiger partial charge is 0.507 e.